The predicted octanol–water partition coefficient (Wildman–Crippen LogP) is 5.05. The maximum absolute atomic E-state index is 12.9. The summed E-state index contributed by atoms with van der Waals surface area (Å²) in [4.78, 5) is 0. The van der Waals surface area contributed by atoms with Gasteiger partial charge < -0.3 is 9.47 Å². The maximum Gasteiger partial charge on any atom is 0.397 e. The van der Waals surface area contributed by atoms with Gasteiger partial charge in [-0.3, -0.25) is 0 Å². The van der Waals surface area contributed by atoms with E-state index in [0.717, 1.165) is 5.76 Å². The van der Waals surface area contributed by atoms with Gasteiger partial charge in [0.2, 0.25) is 0 Å². The molecule has 0 amide bonds. The molecule has 0 aliphatic heterocycles. The lowest BCUT2D eigenvalue weighted by Gasteiger charge is -2.34. The van der Waals surface area contributed by atoms with Crippen LogP contribution in [0.25, 0.3) is 0 Å². The fraction of sp³-hybridized carbons (Fsp3) is 0.529. The Bertz CT molecular complexity index is 543. The molecule has 0 heterocycles. The highest BCUT2D eigenvalue weighted by Gasteiger charge is 2.49. The second kappa shape index (κ2) is 5.86. The van der Waals surface area contributed by atoms with Crippen molar-refractivity contribution in [3.8, 4) is 0 Å². The molecular weight excluding hydrogens is 293 g/mol. The highest BCUT2D eigenvalue weighted by Crippen LogP contribution is 2.45. The van der Waals surface area contributed by atoms with Gasteiger partial charge in [-0.2, -0.15) is 13.2 Å². The van der Waals surface area contributed by atoms with Crippen LogP contribution in [0.4, 0.5) is 13.2 Å². The predicted molar refractivity (Wildman–Crippen MR) is 79.0 cm³/mol. The molecule has 0 aromatic heterocycles. The Morgan fingerprint density at radius 1 is 1.05 bits per heavy atom. The molecule has 0 aromatic rings. The highest BCUT2D eigenvalue weighted by molar-refractivity contribution is 5.27. The number of hydrogen-bond donors (Lipinski definition) is 0. The molecule has 2 unspecified atom stereocenters. The Labute approximate surface area is 129 Å². The van der Waals surface area contributed by atoms with E-state index in [0.29, 0.717) is 18.8 Å². The van der Waals surface area contributed by atoms with E-state index in [2.05, 4.69) is 0 Å². The molecule has 2 rings (SSSR count). The van der Waals surface area contributed by atoms with Crippen molar-refractivity contribution >= 4 is 0 Å². The third-order valence-electron chi connectivity index (χ3n) is 3.96. The minimum atomic E-state index is -4.25. The van der Waals surface area contributed by atoms with Crippen molar-refractivity contribution in [1.29, 1.82) is 0 Å². The van der Waals surface area contributed by atoms with E-state index in [1.165, 1.54) is 25.2 Å². The van der Waals surface area contributed by atoms with Crippen molar-refractivity contribution in [3.05, 3.63) is 48.0 Å². The third-order valence-corrected chi connectivity index (χ3v) is 3.96. The number of ether oxygens (including phenoxy) is 2. The summed E-state index contributed by atoms with van der Waals surface area (Å²) in [6.07, 6.45) is 5.99. The lowest BCUT2D eigenvalue weighted by molar-refractivity contribution is -0.199. The summed E-state index contributed by atoms with van der Waals surface area (Å²) >= 11 is 0. The first-order valence-electron chi connectivity index (χ1n) is 7.35. The molecule has 0 N–H and O–H groups in total. The number of rotatable bonds is 4. The summed E-state index contributed by atoms with van der Waals surface area (Å²) < 4.78 is 50.1. The molecule has 2 aliphatic rings. The highest BCUT2D eigenvalue weighted by atomic mass is 19.4. The van der Waals surface area contributed by atoms with E-state index in [4.69, 9.17) is 9.47 Å². The van der Waals surface area contributed by atoms with E-state index in [9.17, 15) is 13.2 Å². The zero-order valence-corrected chi connectivity index (χ0v) is 13.0. The molecule has 2 atom stereocenters. The molecular formula is C17H21F3O2. The van der Waals surface area contributed by atoms with Crippen LogP contribution in [0.2, 0.25) is 0 Å². The molecule has 22 heavy (non-hydrogen) atoms. The van der Waals surface area contributed by atoms with Crippen LogP contribution in [0.5, 0.6) is 0 Å². The second-order valence-electron chi connectivity index (χ2n) is 6.05. The summed E-state index contributed by atoms with van der Waals surface area (Å²) in [5.74, 6) is 1.27. The van der Waals surface area contributed by atoms with Gasteiger partial charge >= 0.3 is 6.18 Å². The first-order chi connectivity index (χ1) is 10.2. The molecule has 0 fully saturated rings. The summed E-state index contributed by atoms with van der Waals surface area (Å²) in [6.45, 7) is 5.59. The van der Waals surface area contributed by atoms with Crippen molar-refractivity contribution in [2.75, 3.05) is 6.61 Å². The van der Waals surface area contributed by atoms with Crippen molar-refractivity contribution in [2.24, 2.45) is 5.41 Å². The van der Waals surface area contributed by atoms with Crippen molar-refractivity contribution in [3.63, 3.8) is 0 Å². The Morgan fingerprint density at radius 3 is 2.14 bits per heavy atom. The van der Waals surface area contributed by atoms with E-state index in [1.54, 1.807) is 0 Å². The van der Waals surface area contributed by atoms with Crippen LogP contribution in [0.1, 0.15) is 33.6 Å². The zero-order valence-electron chi connectivity index (χ0n) is 13.0. The molecule has 0 radical (unpaired) electrons. The standard InChI is InChI=1S/C17H21F3O2/c1-4-21-13-7-11-16(3,12-8-13)22-14-5-9-15(2,10-6-14)17(18,19)20/h5-9,11H,4,10,12H2,1-3H3. The Hall–Kier alpha value is -1.65. The van der Waals surface area contributed by atoms with Crippen LogP contribution >= 0.6 is 0 Å². The lowest BCUT2D eigenvalue weighted by atomic mass is 9.82. The summed E-state index contributed by atoms with van der Waals surface area (Å²) in [6, 6.07) is 0. The quantitative estimate of drug-likeness (QED) is 0.722. The van der Waals surface area contributed by atoms with E-state index >= 15 is 0 Å². The third kappa shape index (κ3) is 3.57. The SMILES string of the molecule is CCOC1=CCC(C)(OC2=CCC(C)(C(F)(F)F)C=C2)C=C1. The second-order valence-corrected chi connectivity index (χ2v) is 6.05. The topological polar surface area (TPSA) is 18.5 Å². The monoisotopic (exact) mass is 314 g/mol. The van der Waals surface area contributed by atoms with Crippen molar-refractivity contribution in [1.82, 2.24) is 0 Å². The first-order valence-corrected chi connectivity index (χ1v) is 7.35. The Balaban J connectivity index is 2.00. The van der Waals surface area contributed by atoms with Crippen molar-refractivity contribution in [2.45, 2.75) is 45.4 Å². The van der Waals surface area contributed by atoms with Crippen molar-refractivity contribution < 1.29 is 22.6 Å². The fourth-order valence-corrected chi connectivity index (χ4v) is 2.32. The van der Waals surface area contributed by atoms with Crippen LogP contribution in [0.3, 0.4) is 0 Å². The largest absolute Gasteiger partial charge is 0.494 e. The smallest absolute Gasteiger partial charge is 0.397 e. The lowest BCUT2D eigenvalue weighted by Crippen LogP contribution is -2.34. The van der Waals surface area contributed by atoms with Gasteiger partial charge in [0.05, 0.1) is 12.0 Å². The Kier molecular flexibility index (Phi) is 4.45. The van der Waals surface area contributed by atoms with Gasteiger partial charge in [-0.05, 0) is 57.6 Å². The van der Waals surface area contributed by atoms with Gasteiger partial charge in [0.1, 0.15) is 17.1 Å². The molecule has 122 valence electrons. The van der Waals surface area contributed by atoms with Gasteiger partial charge in [0.25, 0.3) is 0 Å². The zero-order chi connectivity index (χ0) is 16.4. The molecule has 0 saturated carbocycles. The van der Waals surface area contributed by atoms with Gasteiger partial charge in [-0.1, -0.05) is 6.08 Å². The average molecular weight is 314 g/mol. The number of allylic oxidation sites excluding steroid dienone is 4. The molecule has 0 aromatic carbocycles. The molecule has 5 heteroatoms. The summed E-state index contributed by atoms with van der Waals surface area (Å²) in [5.41, 5.74) is -2.38. The minimum Gasteiger partial charge on any atom is -0.494 e. The Morgan fingerprint density at radius 2 is 1.68 bits per heavy atom. The van der Waals surface area contributed by atoms with Crippen LogP contribution < -0.4 is 0 Å². The molecule has 2 aliphatic carbocycles. The fourth-order valence-electron chi connectivity index (χ4n) is 2.32. The maximum atomic E-state index is 12.9. The molecule has 0 saturated heterocycles. The molecule has 0 bridgehead atoms. The number of hydrogen-bond acceptors (Lipinski definition) is 2. The number of alkyl halides is 3. The minimum absolute atomic E-state index is 0.109. The normalized spacial score (nSPS) is 31.5. The van der Waals surface area contributed by atoms with Gasteiger partial charge in [0.15, 0.2) is 0 Å². The average Bonchev–Trinajstić information content (AvgIpc) is 2.43. The summed E-state index contributed by atoms with van der Waals surface area (Å²) in [5, 5.41) is 0. The number of halogens is 3. The van der Waals surface area contributed by atoms with Gasteiger partial charge in [-0.15, -0.1) is 0 Å². The van der Waals surface area contributed by atoms with E-state index in [-0.39, 0.29) is 6.42 Å². The summed E-state index contributed by atoms with van der Waals surface area (Å²) in [7, 11) is 0. The van der Waals surface area contributed by atoms with E-state index in [1.807, 2.05) is 32.1 Å². The van der Waals surface area contributed by atoms with Gasteiger partial charge in [-0.25, -0.2) is 0 Å². The molecule has 2 nitrogen and oxygen atoms in total. The molecule has 0 spiro atoms. The van der Waals surface area contributed by atoms with E-state index < -0.39 is 17.2 Å². The van der Waals surface area contributed by atoms with Gasteiger partial charge in [0, 0.05) is 6.42 Å². The van der Waals surface area contributed by atoms with Crippen LogP contribution in [0.15, 0.2) is 48.0 Å². The van der Waals surface area contributed by atoms with Crippen LogP contribution in [0, 0.1) is 5.41 Å². The first kappa shape index (κ1) is 16.7. The van der Waals surface area contributed by atoms with Crippen LogP contribution in [-0.4, -0.2) is 18.4 Å². The van der Waals surface area contributed by atoms with Crippen LogP contribution in [-0.2, 0) is 9.47 Å².